The van der Waals surface area contributed by atoms with Gasteiger partial charge < -0.3 is 14.4 Å². The van der Waals surface area contributed by atoms with Gasteiger partial charge >= 0.3 is 0 Å². The first-order valence-electron chi connectivity index (χ1n) is 10.9. The predicted molar refractivity (Wildman–Crippen MR) is 113 cm³/mol. The lowest BCUT2D eigenvalue weighted by molar-refractivity contribution is -0.146. The van der Waals surface area contributed by atoms with Crippen molar-refractivity contribution in [2.45, 2.75) is 44.8 Å². The molecule has 160 valence electrons. The third kappa shape index (κ3) is 4.60. The van der Waals surface area contributed by atoms with Crippen molar-refractivity contribution >= 4 is 5.91 Å². The third-order valence-corrected chi connectivity index (χ3v) is 6.79. The van der Waals surface area contributed by atoms with Crippen LogP contribution < -0.4 is 4.74 Å². The number of fused-ring (bicyclic) bond motifs is 1. The number of benzene rings is 1. The van der Waals surface area contributed by atoms with E-state index in [9.17, 15) is 4.79 Å². The molecule has 6 heteroatoms. The van der Waals surface area contributed by atoms with Crippen LogP contribution in [-0.2, 0) is 16.1 Å². The van der Waals surface area contributed by atoms with Crippen molar-refractivity contribution in [3.63, 3.8) is 0 Å². The molecule has 0 aliphatic carbocycles. The first-order chi connectivity index (χ1) is 14.0. The molecule has 3 heterocycles. The van der Waals surface area contributed by atoms with Crippen LogP contribution in [0.4, 0.5) is 0 Å². The Labute approximate surface area is 174 Å². The maximum Gasteiger partial charge on any atom is 0.225 e. The lowest BCUT2D eigenvalue weighted by Gasteiger charge is -2.56. The number of carbonyl (C=O) groups excluding carboxylic acids is 1. The first kappa shape index (κ1) is 20.6. The van der Waals surface area contributed by atoms with E-state index in [2.05, 4.69) is 40.7 Å². The van der Waals surface area contributed by atoms with Crippen LogP contribution in [-0.4, -0.2) is 85.2 Å². The summed E-state index contributed by atoms with van der Waals surface area (Å²) < 4.78 is 10.7. The van der Waals surface area contributed by atoms with Crippen LogP contribution in [0.1, 0.15) is 32.3 Å². The van der Waals surface area contributed by atoms with Gasteiger partial charge in [-0.2, -0.15) is 0 Å². The molecule has 3 aliphatic heterocycles. The van der Waals surface area contributed by atoms with Crippen molar-refractivity contribution in [1.29, 1.82) is 0 Å². The van der Waals surface area contributed by atoms with E-state index in [1.54, 1.807) is 7.11 Å². The van der Waals surface area contributed by atoms with Crippen molar-refractivity contribution in [1.82, 2.24) is 14.7 Å². The summed E-state index contributed by atoms with van der Waals surface area (Å²) in [5.41, 5.74) is 1.42. The fraction of sp³-hybridized carbons (Fsp3) is 0.696. The number of hydrogen-bond donors (Lipinski definition) is 0. The Kier molecular flexibility index (Phi) is 6.13. The van der Waals surface area contributed by atoms with Gasteiger partial charge in [-0.15, -0.1) is 0 Å². The number of amides is 1. The Balaban J connectivity index is 1.41. The number of nitrogens with zero attached hydrogens (tertiary/aromatic N) is 3. The van der Waals surface area contributed by atoms with E-state index >= 15 is 0 Å². The minimum Gasteiger partial charge on any atom is -0.497 e. The smallest absolute Gasteiger partial charge is 0.225 e. The van der Waals surface area contributed by atoms with E-state index in [0.29, 0.717) is 11.9 Å². The maximum absolute atomic E-state index is 13.0. The Morgan fingerprint density at radius 1 is 1.14 bits per heavy atom. The summed E-state index contributed by atoms with van der Waals surface area (Å²) in [6.07, 6.45) is 1.75. The quantitative estimate of drug-likeness (QED) is 0.774. The van der Waals surface area contributed by atoms with Gasteiger partial charge in [-0.1, -0.05) is 12.1 Å². The first-order valence-corrected chi connectivity index (χ1v) is 10.9. The lowest BCUT2D eigenvalue weighted by atomic mass is 9.91. The average molecular weight is 402 g/mol. The molecule has 0 bridgehead atoms. The highest BCUT2D eigenvalue weighted by atomic mass is 16.5. The van der Waals surface area contributed by atoms with Crippen molar-refractivity contribution in [3.8, 4) is 5.75 Å². The van der Waals surface area contributed by atoms with Crippen molar-refractivity contribution < 1.29 is 14.3 Å². The number of rotatable bonds is 4. The van der Waals surface area contributed by atoms with Gasteiger partial charge in [0.25, 0.3) is 0 Å². The van der Waals surface area contributed by atoms with Gasteiger partial charge in [-0.05, 0) is 44.4 Å². The van der Waals surface area contributed by atoms with E-state index in [1.807, 2.05) is 12.1 Å². The Bertz CT molecular complexity index is 700. The molecule has 6 nitrogen and oxygen atoms in total. The zero-order chi connectivity index (χ0) is 20.4. The highest BCUT2D eigenvalue weighted by Crippen LogP contribution is 2.30. The Morgan fingerprint density at radius 2 is 1.86 bits per heavy atom. The van der Waals surface area contributed by atoms with Crippen LogP contribution in [0.2, 0.25) is 0 Å². The van der Waals surface area contributed by atoms with Gasteiger partial charge in [0.2, 0.25) is 5.91 Å². The van der Waals surface area contributed by atoms with Crippen molar-refractivity contribution in [2.24, 2.45) is 5.92 Å². The zero-order valence-corrected chi connectivity index (χ0v) is 18.1. The van der Waals surface area contributed by atoms with Crippen molar-refractivity contribution in [2.75, 3.05) is 53.0 Å². The second kappa shape index (κ2) is 8.62. The summed E-state index contributed by atoms with van der Waals surface area (Å²) in [6.45, 7) is 11.8. The van der Waals surface area contributed by atoms with Crippen LogP contribution in [0.3, 0.4) is 0 Å². The van der Waals surface area contributed by atoms with Crippen LogP contribution in [0.5, 0.6) is 5.75 Å². The molecule has 3 aliphatic rings. The Hall–Kier alpha value is -1.63. The molecule has 3 fully saturated rings. The predicted octanol–water partition coefficient (Wildman–Crippen LogP) is 2.23. The lowest BCUT2D eigenvalue weighted by Crippen LogP contribution is -2.70. The summed E-state index contributed by atoms with van der Waals surface area (Å²) in [5, 5.41) is 0. The summed E-state index contributed by atoms with van der Waals surface area (Å²) in [4.78, 5) is 20.4. The fourth-order valence-corrected chi connectivity index (χ4v) is 5.32. The molecule has 1 aromatic carbocycles. The molecule has 0 saturated carbocycles. The minimum absolute atomic E-state index is 0.114. The molecule has 3 saturated heterocycles. The molecule has 0 unspecified atom stereocenters. The van der Waals surface area contributed by atoms with E-state index in [4.69, 9.17) is 9.47 Å². The SMILES string of the molecule is COc1ccc(CN2C[C@@H]3CN(C(=O)C4CCOCC4)CCN3C(C)(C)C2)cc1. The van der Waals surface area contributed by atoms with Gasteiger partial charge in [0.05, 0.1) is 7.11 Å². The number of carbonyl (C=O) groups is 1. The Morgan fingerprint density at radius 3 is 2.55 bits per heavy atom. The van der Waals surface area contributed by atoms with Gasteiger partial charge in [-0.25, -0.2) is 0 Å². The molecule has 29 heavy (non-hydrogen) atoms. The molecule has 0 N–H and O–H groups in total. The fourth-order valence-electron chi connectivity index (χ4n) is 5.32. The summed E-state index contributed by atoms with van der Waals surface area (Å²) in [6, 6.07) is 8.77. The van der Waals surface area contributed by atoms with E-state index < -0.39 is 0 Å². The molecule has 1 atom stereocenters. The topological polar surface area (TPSA) is 45.3 Å². The standard InChI is InChI=1S/C23H35N3O3/c1-23(2)17-24(14-18-4-6-21(28-3)7-5-18)15-20-16-25(10-11-26(20)23)22(27)19-8-12-29-13-9-19/h4-7,19-20H,8-17H2,1-3H3/t20-/m1/s1. The van der Waals surface area contributed by atoms with Gasteiger partial charge in [0.15, 0.2) is 0 Å². The van der Waals surface area contributed by atoms with Crippen molar-refractivity contribution in [3.05, 3.63) is 29.8 Å². The van der Waals surface area contributed by atoms with E-state index in [0.717, 1.165) is 71.1 Å². The van der Waals surface area contributed by atoms with Gasteiger partial charge in [-0.3, -0.25) is 14.6 Å². The van der Waals surface area contributed by atoms with Gasteiger partial charge in [0.1, 0.15) is 5.75 Å². The number of methoxy groups -OCH3 is 1. The largest absolute Gasteiger partial charge is 0.497 e. The van der Waals surface area contributed by atoms with Crippen LogP contribution in [0.25, 0.3) is 0 Å². The number of ether oxygens (including phenoxy) is 2. The monoisotopic (exact) mass is 401 g/mol. The molecule has 1 aromatic rings. The molecule has 0 aromatic heterocycles. The van der Waals surface area contributed by atoms with E-state index in [1.165, 1.54) is 5.56 Å². The number of piperazine rings is 2. The highest BCUT2D eigenvalue weighted by Gasteiger charge is 2.43. The molecule has 4 rings (SSSR count). The normalized spacial score (nSPS) is 26.2. The molecule has 0 radical (unpaired) electrons. The zero-order valence-electron chi connectivity index (χ0n) is 18.1. The molecular weight excluding hydrogens is 366 g/mol. The second-order valence-corrected chi connectivity index (χ2v) is 9.35. The maximum atomic E-state index is 13.0. The summed E-state index contributed by atoms with van der Waals surface area (Å²) in [7, 11) is 1.70. The average Bonchev–Trinajstić information content (AvgIpc) is 2.73. The number of hydrogen-bond acceptors (Lipinski definition) is 5. The van der Waals surface area contributed by atoms with Crippen LogP contribution >= 0.6 is 0 Å². The van der Waals surface area contributed by atoms with E-state index in [-0.39, 0.29) is 11.5 Å². The van der Waals surface area contributed by atoms with Crippen LogP contribution in [0.15, 0.2) is 24.3 Å². The second-order valence-electron chi connectivity index (χ2n) is 9.35. The third-order valence-electron chi connectivity index (χ3n) is 6.79. The highest BCUT2D eigenvalue weighted by molar-refractivity contribution is 5.79. The van der Waals surface area contributed by atoms with Gasteiger partial charge in [0, 0.05) is 70.0 Å². The molecule has 1 amide bonds. The summed E-state index contributed by atoms with van der Waals surface area (Å²) >= 11 is 0. The molecule has 0 spiro atoms. The van der Waals surface area contributed by atoms with Crippen LogP contribution in [0, 0.1) is 5.92 Å². The summed E-state index contributed by atoms with van der Waals surface area (Å²) in [5.74, 6) is 1.40. The minimum atomic E-state index is 0.114. The molecular formula is C23H35N3O3.